The molecule has 7 nitrogen and oxygen atoms in total. The highest BCUT2D eigenvalue weighted by Crippen LogP contribution is 2.22. The van der Waals surface area contributed by atoms with Gasteiger partial charge in [-0.25, -0.2) is 0 Å². The fraction of sp³-hybridized carbons (Fsp3) is 0. The number of amidine groups is 1. The van der Waals surface area contributed by atoms with Gasteiger partial charge < -0.3 is 16.3 Å². The number of nitrogens with two attached hydrogens (primary N) is 1. The van der Waals surface area contributed by atoms with Crippen LogP contribution in [0.4, 0.5) is 5.82 Å². The Labute approximate surface area is 123 Å². The number of nitrogens with zero attached hydrogens (tertiary/aromatic N) is 2. The number of aromatic amines is 1. The molecule has 0 aliphatic rings. The minimum atomic E-state index is -0.483. The van der Waals surface area contributed by atoms with Crippen molar-refractivity contribution in [3.63, 3.8) is 0 Å². The number of nitrogens with one attached hydrogen (secondary N) is 2. The van der Waals surface area contributed by atoms with Gasteiger partial charge in [0.15, 0.2) is 5.84 Å². The van der Waals surface area contributed by atoms with E-state index in [2.05, 4.69) is 20.7 Å². The van der Waals surface area contributed by atoms with Crippen molar-refractivity contribution in [3.8, 4) is 0 Å². The van der Waals surface area contributed by atoms with Crippen LogP contribution >= 0.6 is 23.2 Å². The van der Waals surface area contributed by atoms with E-state index in [1.165, 1.54) is 18.3 Å². The first-order valence-corrected chi connectivity index (χ1v) is 6.06. The van der Waals surface area contributed by atoms with Crippen LogP contribution in [-0.4, -0.2) is 27.1 Å². The lowest BCUT2D eigenvalue weighted by molar-refractivity contribution is 0.102. The number of hydrogen-bond acceptors (Lipinski definition) is 4. The van der Waals surface area contributed by atoms with Crippen molar-refractivity contribution in [1.82, 2.24) is 10.2 Å². The molecule has 0 atom stereocenters. The Bertz CT molecular complexity index is 683. The van der Waals surface area contributed by atoms with Crippen molar-refractivity contribution in [2.45, 2.75) is 0 Å². The van der Waals surface area contributed by atoms with Crippen LogP contribution in [0.25, 0.3) is 0 Å². The maximum atomic E-state index is 12.1. The molecule has 104 valence electrons. The molecule has 1 amide bonds. The fourth-order valence-electron chi connectivity index (χ4n) is 1.48. The second-order valence-electron chi connectivity index (χ2n) is 3.72. The first-order chi connectivity index (χ1) is 9.52. The number of benzene rings is 1. The van der Waals surface area contributed by atoms with E-state index in [1.807, 2.05) is 0 Å². The largest absolute Gasteiger partial charge is 0.409 e. The number of amides is 1. The summed E-state index contributed by atoms with van der Waals surface area (Å²) in [5.74, 6) is -0.476. The number of H-pyrrole nitrogens is 1. The van der Waals surface area contributed by atoms with Crippen LogP contribution < -0.4 is 11.1 Å². The lowest BCUT2D eigenvalue weighted by Crippen LogP contribution is -2.18. The molecule has 0 bridgehead atoms. The third-order valence-corrected chi connectivity index (χ3v) is 2.99. The maximum Gasteiger partial charge on any atom is 0.258 e. The number of oxime groups is 1. The number of carbonyl (C=O) groups is 1. The van der Waals surface area contributed by atoms with Gasteiger partial charge in [-0.3, -0.25) is 9.89 Å². The summed E-state index contributed by atoms with van der Waals surface area (Å²) in [5.41, 5.74) is 5.94. The Morgan fingerprint density at radius 3 is 2.80 bits per heavy atom. The van der Waals surface area contributed by atoms with Crippen LogP contribution in [0.2, 0.25) is 10.0 Å². The van der Waals surface area contributed by atoms with Crippen LogP contribution in [0.1, 0.15) is 15.9 Å². The van der Waals surface area contributed by atoms with Crippen LogP contribution in [0.15, 0.2) is 29.6 Å². The van der Waals surface area contributed by atoms with Gasteiger partial charge in [0.1, 0.15) is 5.82 Å². The maximum absolute atomic E-state index is 12.1. The molecule has 1 heterocycles. The van der Waals surface area contributed by atoms with E-state index in [0.717, 1.165) is 0 Å². The first kappa shape index (κ1) is 14.2. The molecule has 0 aliphatic heterocycles. The predicted molar refractivity (Wildman–Crippen MR) is 75.5 cm³/mol. The average Bonchev–Trinajstić information content (AvgIpc) is 2.85. The number of rotatable bonds is 3. The van der Waals surface area contributed by atoms with E-state index >= 15 is 0 Å². The van der Waals surface area contributed by atoms with Gasteiger partial charge in [-0.2, -0.15) is 5.10 Å². The average molecular weight is 314 g/mol. The van der Waals surface area contributed by atoms with E-state index in [9.17, 15) is 4.79 Å². The Morgan fingerprint density at radius 1 is 1.40 bits per heavy atom. The van der Waals surface area contributed by atoms with Crippen LogP contribution in [0.3, 0.4) is 0 Å². The SMILES string of the molecule is NC(=NO)c1cn[nH]c1NC(=O)c1ccc(Cl)cc1Cl. The number of hydrogen-bond donors (Lipinski definition) is 4. The molecule has 2 rings (SSSR count). The molecular formula is C11H9Cl2N5O2. The molecule has 20 heavy (non-hydrogen) atoms. The molecule has 2 aromatic rings. The summed E-state index contributed by atoms with van der Waals surface area (Å²) >= 11 is 11.7. The normalized spacial score (nSPS) is 11.4. The van der Waals surface area contributed by atoms with Crippen molar-refractivity contribution >= 4 is 40.8 Å². The Morgan fingerprint density at radius 2 is 2.15 bits per heavy atom. The van der Waals surface area contributed by atoms with E-state index < -0.39 is 5.91 Å². The molecule has 9 heteroatoms. The molecule has 0 fully saturated rings. The van der Waals surface area contributed by atoms with Gasteiger partial charge >= 0.3 is 0 Å². The van der Waals surface area contributed by atoms with Gasteiger partial charge in [-0.15, -0.1) is 0 Å². The molecule has 0 spiro atoms. The molecule has 1 aromatic carbocycles. The number of anilines is 1. The summed E-state index contributed by atoms with van der Waals surface area (Å²) in [7, 11) is 0. The Hall–Kier alpha value is -2.25. The van der Waals surface area contributed by atoms with E-state index in [1.54, 1.807) is 6.07 Å². The lowest BCUT2D eigenvalue weighted by atomic mass is 10.2. The molecule has 0 saturated heterocycles. The summed E-state index contributed by atoms with van der Waals surface area (Å²) in [6, 6.07) is 4.48. The topological polar surface area (TPSA) is 116 Å². The molecule has 0 aliphatic carbocycles. The third kappa shape index (κ3) is 2.84. The number of halogens is 2. The summed E-state index contributed by atoms with van der Waals surface area (Å²) in [4.78, 5) is 12.1. The third-order valence-electron chi connectivity index (χ3n) is 2.44. The van der Waals surface area contributed by atoms with Gasteiger partial charge in [-0.05, 0) is 18.2 Å². The minimum Gasteiger partial charge on any atom is -0.409 e. The van der Waals surface area contributed by atoms with Gasteiger partial charge in [0.25, 0.3) is 5.91 Å². The van der Waals surface area contributed by atoms with Crippen LogP contribution in [-0.2, 0) is 0 Å². The summed E-state index contributed by atoms with van der Waals surface area (Å²) < 4.78 is 0. The number of aromatic nitrogens is 2. The quantitative estimate of drug-likeness (QED) is 0.300. The van der Waals surface area contributed by atoms with Gasteiger partial charge in [0.2, 0.25) is 0 Å². The summed E-state index contributed by atoms with van der Waals surface area (Å²) in [6.45, 7) is 0. The van der Waals surface area contributed by atoms with Gasteiger partial charge in [0.05, 0.1) is 22.3 Å². The zero-order chi connectivity index (χ0) is 14.7. The van der Waals surface area contributed by atoms with Gasteiger partial charge in [-0.1, -0.05) is 28.4 Å². The second kappa shape index (κ2) is 5.81. The van der Waals surface area contributed by atoms with Crippen molar-refractivity contribution in [3.05, 3.63) is 45.6 Å². The highest BCUT2D eigenvalue weighted by Gasteiger charge is 2.15. The standard InChI is InChI=1S/C11H9Cl2N5O2/c12-5-1-2-6(8(13)3-5)11(19)16-10-7(4-15-17-10)9(14)18-20/h1-4,20H,(H2,14,18)(H2,15,16,17,19). The molecular weight excluding hydrogens is 305 g/mol. The molecule has 1 aromatic heterocycles. The monoisotopic (exact) mass is 313 g/mol. The summed E-state index contributed by atoms with van der Waals surface area (Å²) in [5, 5.41) is 20.9. The van der Waals surface area contributed by atoms with Crippen LogP contribution in [0, 0.1) is 0 Å². The van der Waals surface area contributed by atoms with Crippen molar-refractivity contribution in [2.75, 3.05) is 5.32 Å². The van der Waals surface area contributed by atoms with Crippen LogP contribution in [0.5, 0.6) is 0 Å². The lowest BCUT2D eigenvalue weighted by Gasteiger charge is -2.06. The van der Waals surface area contributed by atoms with Gasteiger partial charge in [0, 0.05) is 5.02 Å². The molecule has 5 N–H and O–H groups in total. The minimum absolute atomic E-state index is 0.184. The highest BCUT2D eigenvalue weighted by molar-refractivity contribution is 6.37. The number of carbonyl (C=O) groups excluding carboxylic acids is 1. The van der Waals surface area contributed by atoms with Crippen molar-refractivity contribution < 1.29 is 10.0 Å². The zero-order valence-corrected chi connectivity index (χ0v) is 11.4. The summed E-state index contributed by atoms with van der Waals surface area (Å²) in [6.07, 6.45) is 1.31. The highest BCUT2D eigenvalue weighted by atomic mass is 35.5. The van der Waals surface area contributed by atoms with Crippen molar-refractivity contribution in [2.24, 2.45) is 10.9 Å². The smallest absolute Gasteiger partial charge is 0.258 e. The first-order valence-electron chi connectivity index (χ1n) is 5.30. The zero-order valence-electron chi connectivity index (χ0n) is 9.89. The van der Waals surface area contributed by atoms with E-state index in [-0.39, 0.29) is 27.8 Å². The second-order valence-corrected chi connectivity index (χ2v) is 4.57. The molecule has 0 saturated carbocycles. The predicted octanol–water partition coefficient (Wildman–Crippen LogP) is 2.06. The Kier molecular flexibility index (Phi) is 4.11. The Balaban J connectivity index is 2.26. The fourth-order valence-corrected chi connectivity index (χ4v) is 1.98. The van der Waals surface area contributed by atoms with E-state index in [0.29, 0.717) is 5.02 Å². The molecule has 0 unspecified atom stereocenters. The van der Waals surface area contributed by atoms with E-state index in [4.69, 9.17) is 34.1 Å². The van der Waals surface area contributed by atoms with Crippen molar-refractivity contribution in [1.29, 1.82) is 0 Å². The molecule has 0 radical (unpaired) electrons.